The SMILES string of the molecule is O=C1COc2cc(C=CCNC(=O)OCC3c4ccccc4-c4ccccc43)ccc2N1. The molecule has 3 aromatic rings. The second kappa shape index (κ2) is 8.59. The molecular weight excluding hydrogens is 404 g/mol. The van der Waals surface area contributed by atoms with Crippen LogP contribution in [0.4, 0.5) is 10.5 Å². The second-order valence-corrected chi connectivity index (χ2v) is 7.70. The molecule has 6 heteroatoms. The molecule has 0 fully saturated rings. The van der Waals surface area contributed by atoms with Crippen molar-refractivity contribution in [1.82, 2.24) is 5.32 Å². The number of rotatable bonds is 5. The summed E-state index contributed by atoms with van der Waals surface area (Å²) in [5, 5.41) is 5.51. The lowest BCUT2D eigenvalue weighted by Crippen LogP contribution is -2.26. The summed E-state index contributed by atoms with van der Waals surface area (Å²) in [6.45, 7) is 0.645. The van der Waals surface area contributed by atoms with Crippen LogP contribution in [-0.2, 0) is 9.53 Å². The van der Waals surface area contributed by atoms with Crippen LogP contribution in [-0.4, -0.2) is 31.8 Å². The van der Waals surface area contributed by atoms with E-state index >= 15 is 0 Å². The molecule has 2 N–H and O–H groups in total. The molecule has 160 valence electrons. The predicted molar refractivity (Wildman–Crippen MR) is 123 cm³/mol. The van der Waals surface area contributed by atoms with Crippen LogP contribution in [0.2, 0.25) is 0 Å². The average molecular weight is 426 g/mol. The highest BCUT2D eigenvalue weighted by atomic mass is 16.5. The van der Waals surface area contributed by atoms with Gasteiger partial charge in [0.2, 0.25) is 0 Å². The molecule has 1 aliphatic heterocycles. The number of nitrogens with one attached hydrogen (secondary N) is 2. The van der Waals surface area contributed by atoms with Crippen molar-refractivity contribution in [2.75, 3.05) is 25.1 Å². The molecule has 0 saturated carbocycles. The molecule has 0 radical (unpaired) electrons. The van der Waals surface area contributed by atoms with Gasteiger partial charge in [-0.1, -0.05) is 66.7 Å². The highest BCUT2D eigenvalue weighted by Gasteiger charge is 2.28. The molecule has 1 heterocycles. The molecule has 0 spiro atoms. The van der Waals surface area contributed by atoms with E-state index in [1.165, 1.54) is 22.3 Å². The van der Waals surface area contributed by atoms with E-state index < -0.39 is 6.09 Å². The van der Waals surface area contributed by atoms with Crippen LogP contribution in [0.25, 0.3) is 17.2 Å². The Morgan fingerprint density at radius 3 is 2.53 bits per heavy atom. The summed E-state index contributed by atoms with van der Waals surface area (Å²) in [5.74, 6) is 0.518. The predicted octanol–water partition coefficient (Wildman–Crippen LogP) is 4.57. The van der Waals surface area contributed by atoms with Crippen LogP contribution in [0.5, 0.6) is 5.75 Å². The number of anilines is 1. The lowest BCUT2D eigenvalue weighted by molar-refractivity contribution is -0.118. The number of alkyl carbamates (subject to hydrolysis) is 1. The third-order valence-electron chi connectivity index (χ3n) is 5.66. The van der Waals surface area contributed by atoms with Crippen LogP contribution in [0.15, 0.2) is 72.8 Å². The Kier molecular flexibility index (Phi) is 5.34. The van der Waals surface area contributed by atoms with Gasteiger partial charge in [-0.25, -0.2) is 4.79 Å². The molecule has 5 rings (SSSR count). The number of amides is 2. The molecule has 0 bridgehead atoms. The van der Waals surface area contributed by atoms with E-state index in [-0.39, 0.29) is 25.0 Å². The zero-order valence-corrected chi connectivity index (χ0v) is 17.3. The molecule has 6 nitrogen and oxygen atoms in total. The van der Waals surface area contributed by atoms with Gasteiger partial charge in [-0.05, 0) is 39.9 Å². The molecule has 32 heavy (non-hydrogen) atoms. The van der Waals surface area contributed by atoms with Crippen molar-refractivity contribution in [2.45, 2.75) is 5.92 Å². The van der Waals surface area contributed by atoms with E-state index in [9.17, 15) is 9.59 Å². The van der Waals surface area contributed by atoms with Gasteiger partial charge >= 0.3 is 6.09 Å². The third-order valence-corrected chi connectivity index (χ3v) is 5.66. The molecular formula is C26H22N2O4. The third kappa shape index (κ3) is 3.95. The minimum Gasteiger partial charge on any atom is -0.482 e. The second-order valence-electron chi connectivity index (χ2n) is 7.70. The maximum absolute atomic E-state index is 12.2. The van der Waals surface area contributed by atoms with E-state index in [0.29, 0.717) is 18.0 Å². The summed E-state index contributed by atoms with van der Waals surface area (Å²) in [5.41, 5.74) is 6.35. The first kappa shape index (κ1) is 19.9. The van der Waals surface area contributed by atoms with Crippen LogP contribution >= 0.6 is 0 Å². The standard InChI is InChI=1S/C26H22N2O4/c29-25-16-31-24-14-17(11-12-23(24)28-25)6-5-13-27-26(30)32-15-22-20-9-3-1-7-18(20)19-8-2-4-10-21(19)22/h1-12,14,22H,13,15-16H2,(H,27,30)(H,28,29). The van der Waals surface area contributed by atoms with E-state index in [1.54, 1.807) is 6.07 Å². The minimum absolute atomic E-state index is 0.0174. The number of hydrogen-bond donors (Lipinski definition) is 2. The molecule has 2 aliphatic rings. The van der Waals surface area contributed by atoms with Gasteiger partial charge in [0.05, 0.1) is 5.69 Å². The molecule has 0 unspecified atom stereocenters. The molecule has 0 aromatic heterocycles. The summed E-state index contributed by atoms with van der Waals surface area (Å²) < 4.78 is 10.9. The summed E-state index contributed by atoms with van der Waals surface area (Å²) in [7, 11) is 0. The van der Waals surface area contributed by atoms with Crippen molar-refractivity contribution < 1.29 is 19.1 Å². The van der Waals surface area contributed by atoms with E-state index in [4.69, 9.17) is 9.47 Å². The van der Waals surface area contributed by atoms with Crippen molar-refractivity contribution in [3.05, 3.63) is 89.5 Å². The first-order chi connectivity index (χ1) is 15.7. The summed E-state index contributed by atoms with van der Waals surface area (Å²) in [4.78, 5) is 23.6. The van der Waals surface area contributed by atoms with Crippen molar-refractivity contribution in [1.29, 1.82) is 0 Å². The van der Waals surface area contributed by atoms with Crippen LogP contribution in [0.3, 0.4) is 0 Å². The summed E-state index contributed by atoms with van der Waals surface area (Å²) in [6.07, 6.45) is 3.27. The van der Waals surface area contributed by atoms with E-state index in [1.807, 2.05) is 48.6 Å². The lowest BCUT2D eigenvalue weighted by atomic mass is 9.98. The fourth-order valence-electron chi connectivity index (χ4n) is 4.18. The first-order valence-corrected chi connectivity index (χ1v) is 10.5. The van der Waals surface area contributed by atoms with Gasteiger partial charge in [-0.2, -0.15) is 0 Å². The van der Waals surface area contributed by atoms with Gasteiger partial charge in [0.15, 0.2) is 6.61 Å². The Morgan fingerprint density at radius 1 is 1.06 bits per heavy atom. The topological polar surface area (TPSA) is 76.7 Å². The van der Waals surface area contributed by atoms with Crippen molar-refractivity contribution in [3.8, 4) is 16.9 Å². The number of carbonyl (C=O) groups is 2. The van der Waals surface area contributed by atoms with Gasteiger partial charge < -0.3 is 20.1 Å². The number of carbonyl (C=O) groups excluding carboxylic acids is 2. The van der Waals surface area contributed by atoms with Gasteiger partial charge in [0, 0.05) is 12.5 Å². The number of hydrogen-bond acceptors (Lipinski definition) is 4. The Morgan fingerprint density at radius 2 is 1.78 bits per heavy atom. The molecule has 2 amide bonds. The lowest BCUT2D eigenvalue weighted by Gasteiger charge is -2.17. The van der Waals surface area contributed by atoms with Crippen molar-refractivity contribution in [2.24, 2.45) is 0 Å². The fraction of sp³-hybridized carbons (Fsp3) is 0.154. The highest BCUT2D eigenvalue weighted by Crippen LogP contribution is 2.44. The molecule has 3 aromatic carbocycles. The van der Waals surface area contributed by atoms with Gasteiger partial charge in [0.1, 0.15) is 12.4 Å². The Bertz CT molecular complexity index is 1170. The number of benzene rings is 3. The monoisotopic (exact) mass is 426 g/mol. The first-order valence-electron chi connectivity index (χ1n) is 10.5. The Labute approximate surface area is 185 Å². The smallest absolute Gasteiger partial charge is 0.407 e. The Balaban J connectivity index is 1.15. The minimum atomic E-state index is -0.451. The van der Waals surface area contributed by atoms with Gasteiger partial charge in [-0.3, -0.25) is 4.79 Å². The van der Waals surface area contributed by atoms with Gasteiger partial charge in [0.25, 0.3) is 5.91 Å². The number of fused-ring (bicyclic) bond motifs is 4. The van der Waals surface area contributed by atoms with Crippen molar-refractivity contribution >= 4 is 23.8 Å². The van der Waals surface area contributed by atoms with E-state index in [2.05, 4.69) is 34.9 Å². The highest BCUT2D eigenvalue weighted by molar-refractivity contribution is 5.95. The van der Waals surface area contributed by atoms with E-state index in [0.717, 1.165) is 5.56 Å². The summed E-state index contributed by atoms with van der Waals surface area (Å²) in [6, 6.07) is 22.0. The average Bonchev–Trinajstić information content (AvgIpc) is 3.14. The zero-order chi connectivity index (χ0) is 21.9. The largest absolute Gasteiger partial charge is 0.482 e. The van der Waals surface area contributed by atoms with Crippen molar-refractivity contribution in [3.63, 3.8) is 0 Å². The summed E-state index contributed by atoms with van der Waals surface area (Å²) >= 11 is 0. The maximum atomic E-state index is 12.2. The molecule has 0 saturated heterocycles. The maximum Gasteiger partial charge on any atom is 0.407 e. The fourth-order valence-corrected chi connectivity index (χ4v) is 4.18. The quantitative estimate of drug-likeness (QED) is 0.627. The van der Waals surface area contributed by atoms with Gasteiger partial charge in [-0.15, -0.1) is 0 Å². The Hall–Kier alpha value is -4.06. The van der Waals surface area contributed by atoms with Crippen LogP contribution < -0.4 is 15.4 Å². The van der Waals surface area contributed by atoms with Crippen LogP contribution in [0, 0.1) is 0 Å². The number of ether oxygens (including phenoxy) is 2. The zero-order valence-electron chi connectivity index (χ0n) is 17.3. The molecule has 1 aliphatic carbocycles. The normalized spacial score (nSPS) is 14.2. The van der Waals surface area contributed by atoms with Crippen LogP contribution in [0.1, 0.15) is 22.6 Å². The molecule has 0 atom stereocenters.